The van der Waals surface area contributed by atoms with Crippen molar-refractivity contribution in [3.05, 3.63) is 11.9 Å². The zero-order valence-corrected chi connectivity index (χ0v) is 7.48. The quantitative estimate of drug-likeness (QED) is 0.619. The van der Waals surface area contributed by atoms with Crippen LogP contribution in [0.25, 0.3) is 0 Å². The summed E-state index contributed by atoms with van der Waals surface area (Å²) in [6.45, 7) is 0.407. The molecule has 0 radical (unpaired) electrons. The summed E-state index contributed by atoms with van der Waals surface area (Å²) in [5.74, 6) is 0. The summed E-state index contributed by atoms with van der Waals surface area (Å²) in [7, 11) is -3.97. The first-order valence-corrected chi connectivity index (χ1v) is 5.11. The lowest BCUT2D eigenvalue weighted by molar-refractivity contribution is 0.236. The number of imidazole rings is 1. The van der Waals surface area contributed by atoms with Crippen molar-refractivity contribution in [3.63, 3.8) is 0 Å². The Hall–Kier alpha value is -1.04. The van der Waals surface area contributed by atoms with Crippen molar-refractivity contribution in [2.45, 2.75) is 6.42 Å². The Labute approximate surface area is 73.7 Å². The van der Waals surface area contributed by atoms with Gasteiger partial charge < -0.3 is 10.3 Å². The first kappa shape index (κ1) is 8.55. The first-order valence-electron chi connectivity index (χ1n) is 3.61. The summed E-state index contributed by atoms with van der Waals surface area (Å²) in [6, 6.07) is -0.00529. The Morgan fingerprint density at radius 2 is 2.54 bits per heavy atom. The highest BCUT2D eigenvalue weighted by Crippen LogP contribution is 2.46. The minimum absolute atomic E-state index is 0.00529. The van der Waals surface area contributed by atoms with E-state index in [2.05, 4.69) is 14.1 Å². The fourth-order valence-corrected chi connectivity index (χ4v) is 1.78. The molecule has 2 rings (SSSR count). The van der Waals surface area contributed by atoms with Crippen LogP contribution in [0.1, 0.15) is 5.69 Å². The van der Waals surface area contributed by atoms with Gasteiger partial charge in [0.25, 0.3) is 0 Å². The third-order valence-corrected chi connectivity index (χ3v) is 2.30. The average Bonchev–Trinajstić information content (AvgIpc) is 2.48. The molecule has 1 unspecified atom stereocenters. The van der Waals surface area contributed by atoms with E-state index in [1.54, 1.807) is 0 Å². The molecule has 2 heterocycles. The molecule has 1 aliphatic rings. The molecule has 8 heteroatoms. The van der Waals surface area contributed by atoms with Crippen LogP contribution in [-0.2, 0) is 11.0 Å². The van der Waals surface area contributed by atoms with Gasteiger partial charge in [0, 0.05) is 6.42 Å². The molecule has 0 fully saturated rings. The van der Waals surface area contributed by atoms with Crippen molar-refractivity contribution >= 4 is 7.82 Å². The van der Waals surface area contributed by atoms with Crippen LogP contribution < -0.4 is 14.9 Å². The first-order chi connectivity index (χ1) is 6.12. The summed E-state index contributed by atoms with van der Waals surface area (Å²) >= 11 is 0. The van der Waals surface area contributed by atoms with E-state index in [4.69, 9.17) is 10.6 Å². The molecule has 3 N–H and O–H groups in total. The lowest BCUT2D eigenvalue weighted by atomic mass is 10.3. The molecular weight excluding hydrogens is 197 g/mol. The van der Waals surface area contributed by atoms with Crippen LogP contribution in [0.5, 0.6) is 6.01 Å². The maximum Gasteiger partial charge on any atom is 0.606 e. The maximum atomic E-state index is 10.9. The molecule has 0 spiro atoms. The maximum absolute atomic E-state index is 10.9. The van der Waals surface area contributed by atoms with E-state index in [1.807, 2.05) is 0 Å². The minimum Gasteiger partial charge on any atom is -0.357 e. The van der Waals surface area contributed by atoms with Gasteiger partial charge in [-0.25, -0.2) is 9.55 Å². The Morgan fingerprint density at radius 1 is 1.77 bits per heavy atom. The summed E-state index contributed by atoms with van der Waals surface area (Å²) in [4.78, 5) is 12.7. The largest absolute Gasteiger partial charge is 0.606 e. The van der Waals surface area contributed by atoms with Crippen molar-refractivity contribution in [2.75, 3.05) is 6.54 Å². The van der Waals surface area contributed by atoms with Crippen molar-refractivity contribution in [3.8, 4) is 6.01 Å². The molecule has 0 aromatic carbocycles. The van der Waals surface area contributed by atoms with Gasteiger partial charge >= 0.3 is 13.8 Å². The summed E-state index contributed by atoms with van der Waals surface area (Å²) in [5.41, 5.74) is 5.93. The highest BCUT2D eigenvalue weighted by atomic mass is 31.2. The molecule has 1 atom stereocenters. The van der Waals surface area contributed by atoms with Gasteiger partial charge in [0.1, 0.15) is 0 Å². The van der Waals surface area contributed by atoms with Gasteiger partial charge in [-0.2, -0.15) is 0 Å². The molecular formula is C5H8N3O4P. The number of fused-ring (bicyclic) bond motifs is 1. The van der Waals surface area contributed by atoms with Crippen LogP contribution in [0.2, 0.25) is 0 Å². The van der Waals surface area contributed by atoms with E-state index in [-0.39, 0.29) is 6.01 Å². The molecule has 0 aliphatic carbocycles. The normalized spacial score (nSPS) is 25.1. The summed E-state index contributed by atoms with van der Waals surface area (Å²) in [6.07, 6.45) is 2.00. The zero-order valence-electron chi connectivity index (χ0n) is 6.58. The molecule has 13 heavy (non-hydrogen) atoms. The highest BCUT2D eigenvalue weighted by Gasteiger charge is 2.37. The second-order valence-electron chi connectivity index (χ2n) is 2.51. The number of phosphoric acid groups is 1. The molecule has 7 nitrogen and oxygen atoms in total. The van der Waals surface area contributed by atoms with Crippen molar-refractivity contribution in [1.82, 2.24) is 9.71 Å². The number of hydrogen-bond acceptors (Lipinski definition) is 5. The lowest BCUT2D eigenvalue weighted by Crippen LogP contribution is -2.10. The number of hydrogen-bond donors (Lipinski definition) is 2. The summed E-state index contributed by atoms with van der Waals surface area (Å²) in [5, 5.41) is 0. The van der Waals surface area contributed by atoms with Gasteiger partial charge in [-0.05, 0) is 6.54 Å². The third-order valence-electron chi connectivity index (χ3n) is 1.54. The van der Waals surface area contributed by atoms with Crippen LogP contribution in [0, 0.1) is 0 Å². The smallest absolute Gasteiger partial charge is 0.357 e. The number of rotatable bonds is 2. The molecule has 1 aromatic heterocycles. The van der Waals surface area contributed by atoms with E-state index >= 15 is 0 Å². The second kappa shape index (κ2) is 2.73. The van der Waals surface area contributed by atoms with Crippen LogP contribution in [0.15, 0.2) is 6.20 Å². The zero-order chi connectivity index (χ0) is 9.47. The lowest BCUT2D eigenvalue weighted by Gasteiger charge is -2.01. The Morgan fingerprint density at radius 3 is 3.23 bits per heavy atom. The second-order valence-corrected chi connectivity index (χ2v) is 3.79. The molecule has 1 aliphatic heterocycles. The molecule has 0 amide bonds. The fraction of sp³-hybridized carbons (Fsp3) is 0.400. The van der Waals surface area contributed by atoms with Gasteiger partial charge in [-0.3, -0.25) is 9.52 Å². The van der Waals surface area contributed by atoms with Gasteiger partial charge in [-0.15, -0.1) is 4.73 Å². The molecule has 1 aromatic rings. The number of nitrogens with zero attached hydrogens (tertiary/aromatic N) is 2. The monoisotopic (exact) mass is 205 g/mol. The number of aromatic nitrogens is 2. The summed E-state index contributed by atoms with van der Waals surface area (Å²) < 4.78 is 21.1. The molecule has 0 saturated carbocycles. The average molecular weight is 205 g/mol. The Kier molecular flexibility index (Phi) is 1.80. The van der Waals surface area contributed by atoms with E-state index in [9.17, 15) is 4.57 Å². The van der Waals surface area contributed by atoms with Crippen LogP contribution in [0.3, 0.4) is 0 Å². The highest BCUT2D eigenvalue weighted by molar-refractivity contribution is 7.48. The number of nitrogens with two attached hydrogens (primary N) is 1. The van der Waals surface area contributed by atoms with Crippen LogP contribution in [0.4, 0.5) is 0 Å². The van der Waals surface area contributed by atoms with E-state index < -0.39 is 7.82 Å². The molecule has 0 bridgehead atoms. The fourth-order valence-electron chi connectivity index (χ4n) is 1.04. The predicted octanol–water partition coefficient (Wildman–Crippen LogP) is -0.694. The molecule has 72 valence electrons. The van der Waals surface area contributed by atoms with Crippen molar-refractivity contribution < 1.29 is 18.6 Å². The van der Waals surface area contributed by atoms with Gasteiger partial charge in [0.05, 0.1) is 11.9 Å². The molecule has 0 saturated heterocycles. The minimum atomic E-state index is -3.97. The SMILES string of the molecule is NCCc1cnc2n1OP(=O)(O)O2. The van der Waals surface area contributed by atoms with E-state index in [1.165, 1.54) is 6.20 Å². The van der Waals surface area contributed by atoms with Crippen LogP contribution >= 0.6 is 7.82 Å². The van der Waals surface area contributed by atoms with Gasteiger partial charge in [0.2, 0.25) is 0 Å². The standard InChI is InChI=1S/C5H8N3O4P/c6-2-1-4-3-7-5-8(4)12-13(9,10)11-5/h3H,1-2,6H2,(H,9,10). The van der Waals surface area contributed by atoms with Crippen LogP contribution in [-0.4, -0.2) is 21.2 Å². The van der Waals surface area contributed by atoms with E-state index in [0.29, 0.717) is 18.7 Å². The Bertz CT molecular complexity index is 376. The van der Waals surface area contributed by atoms with E-state index in [0.717, 1.165) is 4.73 Å². The van der Waals surface area contributed by atoms with Crippen molar-refractivity contribution in [1.29, 1.82) is 0 Å². The predicted molar refractivity (Wildman–Crippen MR) is 42.0 cm³/mol. The Balaban J connectivity index is 2.32. The van der Waals surface area contributed by atoms with Crippen molar-refractivity contribution in [2.24, 2.45) is 5.73 Å². The topological polar surface area (TPSA) is 99.6 Å². The third kappa shape index (κ3) is 1.41. The van der Waals surface area contributed by atoms with Gasteiger partial charge in [-0.1, -0.05) is 0 Å². The van der Waals surface area contributed by atoms with Gasteiger partial charge in [0.15, 0.2) is 0 Å². The number of phosphoric ester groups is 1.